The monoisotopic (exact) mass is 354 g/mol. The molecule has 0 aromatic rings. The summed E-state index contributed by atoms with van der Waals surface area (Å²) in [4.78, 5) is 0. The van der Waals surface area contributed by atoms with Gasteiger partial charge in [0.2, 0.25) is 0 Å². The molecule has 0 aromatic heterocycles. The van der Waals surface area contributed by atoms with Crippen molar-refractivity contribution in [2.45, 2.75) is 0 Å². The average molecular weight is 356 g/mol. The van der Waals surface area contributed by atoms with E-state index in [-0.39, 0.29) is 85.1 Å². The van der Waals surface area contributed by atoms with Crippen molar-refractivity contribution < 1.29 is 39.4 Å². The maximum absolute atomic E-state index is 0. The molecule has 0 unspecified atom stereocenters. The summed E-state index contributed by atoms with van der Waals surface area (Å²) < 4.78 is 0. The number of hydrogen-bond donors (Lipinski definition) is 0. The van der Waals surface area contributed by atoms with Crippen molar-refractivity contribution in [2.24, 2.45) is 0 Å². The van der Waals surface area contributed by atoms with Gasteiger partial charge in [-0.05, 0) is 0 Å². The van der Waals surface area contributed by atoms with Crippen LogP contribution in [0.1, 0.15) is 0 Å². The Kier molecular flexibility index (Phi) is 126. The predicted octanol–water partition coefficient (Wildman–Crippen LogP) is -0.767. The zero-order valence-electron chi connectivity index (χ0n) is 1.76. The quantitative estimate of drug-likeness (QED) is 0.501. The van der Waals surface area contributed by atoms with Gasteiger partial charge in [-0.25, -0.2) is 0 Å². The van der Waals surface area contributed by atoms with Crippen LogP contribution in [0.4, 0.5) is 0 Å². The summed E-state index contributed by atoms with van der Waals surface area (Å²) in [5.41, 5.74) is 0. The number of rotatable bonds is 0. The molecule has 0 aliphatic carbocycles. The summed E-state index contributed by atoms with van der Waals surface area (Å²) in [5.74, 6) is 0. The molecule has 0 aliphatic rings. The maximum Gasteiger partial charge on any atom is 0 e. The first-order valence-corrected chi connectivity index (χ1v) is 0. The third-order valence-electron chi connectivity index (χ3n) is 0. The summed E-state index contributed by atoms with van der Waals surface area (Å²) in [6.07, 6.45) is 0. The van der Waals surface area contributed by atoms with E-state index in [1.807, 2.05) is 0 Å². The zero-order valence-corrected chi connectivity index (χ0v) is 9.90. The van der Waals surface area contributed by atoms with E-state index in [0.717, 1.165) is 0 Å². The van der Waals surface area contributed by atoms with E-state index >= 15 is 0 Å². The van der Waals surface area contributed by atoms with Gasteiger partial charge in [0.15, 0.2) is 0 Å². The van der Waals surface area contributed by atoms with E-state index in [1.54, 1.807) is 0 Å². The molecule has 4 heteroatoms. The minimum atomic E-state index is 0. The standard InChI is InChI=1S/Ag.Cu.Ga.In. The van der Waals surface area contributed by atoms with Crippen LogP contribution in [-0.2, 0) is 39.4 Å². The van der Waals surface area contributed by atoms with Crippen molar-refractivity contribution in [1.82, 2.24) is 0 Å². The minimum absolute atomic E-state index is 0. The smallest absolute Gasteiger partial charge is 0 e. The molecule has 0 rings (SSSR count). The van der Waals surface area contributed by atoms with Crippen LogP contribution in [-0.4, -0.2) is 45.6 Å². The molecule has 4 heavy (non-hydrogen) atoms. The molecule has 0 aromatic carbocycles. The Morgan fingerprint density at radius 2 is 1.00 bits per heavy atom. The molecule has 28 valence electrons. The fourth-order valence-electron chi connectivity index (χ4n) is 0. The Morgan fingerprint density at radius 1 is 1.00 bits per heavy atom. The minimum Gasteiger partial charge on any atom is 0 e. The van der Waals surface area contributed by atoms with Crippen LogP contribution in [0.5, 0.6) is 0 Å². The molecule has 0 bridgehead atoms. The van der Waals surface area contributed by atoms with E-state index in [2.05, 4.69) is 0 Å². The van der Waals surface area contributed by atoms with Gasteiger partial charge in [-0.3, -0.25) is 0 Å². The molecule has 0 atom stereocenters. The van der Waals surface area contributed by atoms with E-state index in [4.69, 9.17) is 0 Å². The van der Waals surface area contributed by atoms with Gasteiger partial charge >= 0.3 is 0 Å². The molecule has 0 aliphatic heterocycles. The Labute approximate surface area is 83.7 Å². The second kappa shape index (κ2) is 17.1. The van der Waals surface area contributed by atoms with Gasteiger partial charge in [-0.2, -0.15) is 0 Å². The molecule has 0 amide bonds. The SMILES string of the molecule is [Ag].[Cu].[Ga].[In]. The van der Waals surface area contributed by atoms with Crippen LogP contribution in [0.3, 0.4) is 0 Å². The van der Waals surface area contributed by atoms with Crippen LogP contribution in [0.2, 0.25) is 0 Å². The first-order valence-electron chi connectivity index (χ1n) is 0. The fraction of sp³-hybridized carbons (Fsp3) is 0. The predicted molar refractivity (Wildman–Crippen MR) is 11.5 cm³/mol. The summed E-state index contributed by atoms with van der Waals surface area (Å²) in [6, 6.07) is 0. The summed E-state index contributed by atoms with van der Waals surface area (Å²) in [7, 11) is 0. The van der Waals surface area contributed by atoms with Crippen LogP contribution < -0.4 is 0 Å². The largest absolute Gasteiger partial charge is 0 e. The van der Waals surface area contributed by atoms with E-state index < -0.39 is 0 Å². The van der Waals surface area contributed by atoms with Gasteiger partial charge in [-0.15, -0.1) is 0 Å². The average Bonchev–Trinajstić information content (AvgIpc) is 0. The zero-order chi connectivity index (χ0) is 0. The molecule has 0 nitrogen and oxygen atoms in total. The van der Waals surface area contributed by atoms with Gasteiger partial charge < -0.3 is 0 Å². The molecular formula is AgCuGaIn. The molecule has 0 saturated carbocycles. The summed E-state index contributed by atoms with van der Waals surface area (Å²) in [6.45, 7) is 0. The van der Waals surface area contributed by atoms with Crippen molar-refractivity contribution in [2.75, 3.05) is 0 Å². The van der Waals surface area contributed by atoms with Gasteiger partial charge in [0.1, 0.15) is 0 Å². The van der Waals surface area contributed by atoms with E-state index in [1.165, 1.54) is 0 Å². The Bertz CT molecular complexity index is 8.00. The van der Waals surface area contributed by atoms with E-state index in [9.17, 15) is 0 Å². The van der Waals surface area contributed by atoms with Crippen molar-refractivity contribution in [3.05, 3.63) is 0 Å². The number of hydrogen-bond acceptors (Lipinski definition) is 0. The molecular weight excluding hydrogens is 356 g/mol. The van der Waals surface area contributed by atoms with Crippen LogP contribution in [0.15, 0.2) is 0 Å². The molecule has 0 N–H and O–H groups in total. The van der Waals surface area contributed by atoms with Crippen LogP contribution in [0, 0.1) is 0 Å². The van der Waals surface area contributed by atoms with Gasteiger partial charge in [0.25, 0.3) is 0 Å². The van der Waals surface area contributed by atoms with Crippen molar-refractivity contribution in [3.8, 4) is 0 Å². The third kappa shape index (κ3) is 8.84. The van der Waals surface area contributed by atoms with E-state index in [0.29, 0.717) is 0 Å². The fourth-order valence-corrected chi connectivity index (χ4v) is 0. The topological polar surface area (TPSA) is 0 Å². The molecule has 0 spiro atoms. The van der Waals surface area contributed by atoms with Crippen LogP contribution >= 0.6 is 0 Å². The van der Waals surface area contributed by atoms with Crippen molar-refractivity contribution >= 4 is 45.6 Å². The Balaban J connectivity index is 0. The second-order valence-corrected chi connectivity index (χ2v) is 0. The second-order valence-electron chi connectivity index (χ2n) is 0. The molecule has 8 radical (unpaired) electrons. The first kappa shape index (κ1) is 29.4. The third-order valence-corrected chi connectivity index (χ3v) is 0. The van der Waals surface area contributed by atoms with Gasteiger partial charge in [-0.1, -0.05) is 0 Å². The Morgan fingerprint density at radius 3 is 1.00 bits per heavy atom. The molecule has 0 fully saturated rings. The summed E-state index contributed by atoms with van der Waals surface area (Å²) >= 11 is 0. The van der Waals surface area contributed by atoms with Crippen molar-refractivity contribution in [1.29, 1.82) is 0 Å². The first-order chi connectivity index (χ1) is 0. The maximum atomic E-state index is 0. The summed E-state index contributed by atoms with van der Waals surface area (Å²) in [5, 5.41) is 0. The van der Waals surface area contributed by atoms with Gasteiger partial charge in [0, 0.05) is 85.1 Å². The molecule has 0 heterocycles. The van der Waals surface area contributed by atoms with Gasteiger partial charge in [0.05, 0.1) is 0 Å². The Hall–Kier alpha value is 2.77. The van der Waals surface area contributed by atoms with Crippen LogP contribution in [0.25, 0.3) is 0 Å². The normalized spacial score (nSPS) is 0. The molecule has 0 saturated heterocycles. The van der Waals surface area contributed by atoms with Crippen molar-refractivity contribution in [3.63, 3.8) is 0 Å².